The molecule has 1 N–H and O–H groups in total. The Morgan fingerprint density at radius 2 is 1.94 bits per heavy atom. The zero-order chi connectivity index (χ0) is 13.1. The van der Waals surface area contributed by atoms with E-state index in [0.29, 0.717) is 6.07 Å². The average Bonchev–Trinajstić information content (AvgIpc) is 2.25. The Bertz CT molecular complexity index is 505. The van der Waals surface area contributed by atoms with Gasteiger partial charge < -0.3 is 5.32 Å². The van der Waals surface area contributed by atoms with Gasteiger partial charge >= 0.3 is 0 Å². The van der Waals surface area contributed by atoms with Crippen LogP contribution in [0.4, 0.5) is 19.0 Å². The van der Waals surface area contributed by atoms with Crippen LogP contribution in [0.3, 0.4) is 0 Å². The minimum absolute atomic E-state index is 0.0393. The maximum atomic E-state index is 13.1. The summed E-state index contributed by atoms with van der Waals surface area (Å²) in [6.07, 6.45) is 0. The monoisotopic (exact) mass is 268 g/mol. The highest BCUT2D eigenvalue weighted by Gasteiger charge is 2.12. The van der Waals surface area contributed by atoms with E-state index in [1.54, 1.807) is 0 Å². The summed E-state index contributed by atoms with van der Waals surface area (Å²) < 4.78 is 60.5. The number of anilines is 1. The average molecular weight is 268 g/mol. The van der Waals surface area contributed by atoms with Crippen molar-refractivity contribution < 1.29 is 21.6 Å². The van der Waals surface area contributed by atoms with E-state index in [1.807, 2.05) is 0 Å². The van der Waals surface area contributed by atoms with Crippen LogP contribution in [0.5, 0.6) is 0 Å². The number of halogens is 3. The first-order chi connectivity index (χ1) is 7.85. The van der Waals surface area contributed by atoms with Gasteiger partial charge in [-0.3, -0.25) is 0 Å². The Hall–Kier alpha value is -1.31. The lowest BCUT2D eigenvalue weighted by Gasteiger charge is -2.06. The Labute approximate surface area is 96.8 Å². The van der Waals surface area contributed by atoms with E-state index in [1.165, 1.54) is 6.92 Å². The Morgan fingerprint density at radius 3 is 2.53 bits per heavy atom. The molecule has 0 fully saturated rings. The number of aromatic nitrogens is 1. The Kier molecular flexibility index (Phi) is 4.33. The summed E-state index contributed by atoms with van der Waals surface area (Å²) in [5, 5.41) is 2.30. The fourth-order valence-electron chi connectivity index (χ4n) is 1.04. The molecule has 0 spiro atoms. The maximum absolute atomic E-state index is 13.1. The van der Waals surface area contributed by atoms with Crippen LogP contribution in [0.1, 0.15) is 6.92 Å². The third kappa shape index (κ3) is 3.88. The summed E-state index contributed by atoms with van der Waals surface area (Å²) in [7, 11) is -3.20. The lowest BCUT2D eigenvalue weighted by molar-refractivity contribution is 0.466. The SMILES string of the molecule is CCS(=O)(=O)CCNc1nc(F)c(F)cc1F. The van der Waals surface area contributed by atoms with E-state index < -0.39 is 33.2 Å². The number of hydrogen-bond acceptors (Lipinski definition) is 4. The van der Waals surface area contributed by atoms with Crippen molar-refractivity contribution in [1.82, 2.24) is 4.98 Å². The van der Waals surface area contributed by atoms with E-state index >= 15 is 0 Å². The van der Waals surface area contributed by atoms with E-state index in [0.717, 1.165) is 0 Å². The molecule has 1 heterocycles. The van der Waals surface area contributed by atoms with Crippen LogP contribution in [0.2, 0.25) is 0 Å². The highest BCUT2D eigenvalue weighted by atomic mass is 32.2. The maximum Gasteiger partial charge on any atom is 0.251 e. The fraction of sp³-hybridized carbons (Fsp3) is 0.444. The lowest BCUT2D eigenvalue weighted by atomic mass is 10.4. The van der Waals surface area contributed by atoms with Gasteiger partial charge in [0.25, 0.3) is 5.95 Å². The molecule has 0 bridgehead atoms. The van der Waals surface area contributed by atoms with Gasteiger partial charge in [0.05, 0.1) is 5.75 Å². The molecule has 8 heteroatoms. The number of sulfone groups is 1. The molecular weight excluding hydrogens is 257 g/mol. The van der Waals surface area contributed by atoms with Gasteiger partial charge in [0.1, 0.15) is 0 Å². The van der Waals surface area contributed by atoms with Crippen LogP contribution < -0.4 is 5.32 Å². The summed E-state index contributed by atoms with van der Waals surface area (Å²) in [5.74, 6) is -4.68. The molecule has 1 aromatic heterocycles. The first kappa shape index (κ1) is 13.8. The largest absolute Gasteiger partial charge is 0.367 e. The number of nitrogens with one attached hydrogen (secondary N) is 1. The molecule has 17 heavy (non-hydrogen) atoms. The number of nitrogens with zero attached hydrogens (tertiary/aromatic N) is 1. The second-order valence-corrected chi connectivity index (χ2v) is 5.73. The van der Waals surface area contributed by atoms with Crippen molar-refractivity contribution in [3.05, 3.63) is 23.6 Å². The molecule has 1 aromatic rings. The van der Waals surface area contributed by atoms with Crippen LogP contribution in [0, 0.1) is 17.6 Å². The van der Waals surface area contributed by atoms with Gasteiger partial charge in [-0.05, 0) is 0 Å². The Morgan fingerprint density at radius 1 is 1.29 bits per heavy atom. The predicted molar refractivity (Wildman–Crippen MR) is 56.9 cm³/mol. The smallest absolute Gasteiger partial charge is 0.251 e. The van der Waals surface area contributed by atoms with Gasteiger partial charge in [-0.2, -0.15) is 9.37 Å². The van der Waals surface area contributed by atoms with E-state index in [9.17, 15) is 21.6 Å². The molecule has 96 valence electrons. The molecule has 0 unspecified atom stereocenters. The van der Waals surface area contributed by atoms with Gasteiger partial charge in [-0.15, -0.1) is 0 Å². The minimum Gasteiger partial charge on any atom is -0.367 e. The fourth-order valence-corrected chi connectivity index (χ4v) is 1.74. The van der Waals surface area contributed by atoms with Crippen molar-refractivity contribution in [2.45, 2.75) is 6.92 Å². The molecule has 1 rings (SSSR count). The quantitative estimate of drug-likeness (QED) is 0.819. The van der Waals surface area contributed by atoms with Crippen LogP contribution >= 0.6 is 0 Å². The van der Waals surface area contributed by atoms with Gasteiger partial charge in [0.15, 0.2) is 27.3 Å². The van der Waals surface area contributed by atoms with Crippen molar-refractivity contribution in [2.75, 3.05) is 23.4 Å². The zero-order valence-electron chi connectivity index (χ0n) is 9.00. The molecule has 0 aliphatic rings. The molecule has 0 radical (unpaired) electrons. The normalized spacial score (nSPS) is 11.5. The summed E-state index contributed by atoms with van der Waals surface area (Å²) in [6, 6.07) is 0.346. The van der Waals surface area contributed by atoms with Gasteiger partial charge in [-0.25, -0.2) is 17.2 Å². The van der Waals surface area contributed by atoms with Crippen molar-refractivity contribution >= 4 is 15.7 Å². The first-order valence-electron chi connectivity index (χ1n) is 4.81. The molecule has 0 saturated carbocycles. The van der Waals surface area contributed by atoms with E-state index in [2.05, 4.69) is 10.3 Å². The van der Waals surface area contributed by atoms with Crippen LogP contribution in [-0.2, 0) is 9.84 Å². The molecule has 0 aromatic carbocycles. The summed E-state index contributed by atoms with van der Waals surface area (Å²) in [6.45, 7) is 1.36. The van der Waals surface area contributed by atoms with Crippen LogP contribution in [0.25, 0.3) is 0 Å². The highest BCUT2D eigenvalue weighted by Crippen LogP contribution is 2.13. The van der Waals surface area contributed by atoms with E-state index in [4.69, 9.17) is 0 Å². The van der Waals surface area contributed by atoms with E-state index in [-0.39, 0.29) is 18.1 Å². The van der Waals surface area contributed by atoms with Crippen molar-refractivity contribution in [2.24, 2.45) is 0 Å². The molecule has 0 aliphatic heterocycles. The predicted octanol–water partition coefficient (Wildman–Crippen LogP) is 1.35. The third-order valence-corrected chi connectivity index (χ3v) is 3.74. The van der Waals surface area contributed by atoms with Crippen molar-refractivity contribution in [1.29, 1.82) is 0 Å². The molecular formula is C9H11F3N2O2S. The molecule has 0 saturated heterocycles. The topological polar surface area (TPSA) is 59.1 Å². The first-order valence-corrected chi connectivity index (χ1v) is 6.63. The van der Waals surface area contributed by atoms with Crippen LogP contribution in [0.15, 0.2) is 6.07 Å². The number of rotatable bonds is 5. The summed E-state index contributed by atoms with van der Waals surface area (Å²) in [4.78, 5) is 3.00. The van der Waals surface area contributed by atoms with Crippen molar-refractivity contribution in [3.8, 4) is 0 Å². The second-order valence-electron chi connectivity index (χ2n) is 3.25. The standard InChI is InChI=1S/C9H11F3N2O2S/c1-2-17(15,16)4-3-13-9-7(11)5-6(10)8(12)14-9/h5H,2-4H2,1H3,(H,13,14). The molecule has 4 nitrogen and oxygen atoms in total. The summed E-state index contributed by atoms with van der Waals surface area (Å²) in [5.41, 5.74) is 0. The zero-order valence-corrected chi connectivity index (χ0v) is 9.82. The van der Waals surface area contributed by atoms with Gasteiger partial charge in [-0.1, -0.05) is 6.92 Å². The molecule has 0 atom stereocenters. The summed E-state index contributed by atoms with van der Waals surface area (Å²) >= 11 is 0. The minimum atomic E-state index is -3.20. The third-order valence-electron chi connectivity index (χ3n) is 2.03. The number of hydrogen-bond donors (Lipinski definition) is 1. The highest BCUT2D eigenvalue weighted by molar-refractivity contribution is 7.91. The van der Waals surface area contributed by atoms with Gasteiger partial charge in [0.2, 0.25) is 0 Å². The van der Waals surface area contributed by atoms with Crippen LogP contribution in [-0.4, -0.2) is 31.5 Å². The lowest BCUT2D eigenvalue weighted by Crippen LogP contribution is -2.18. The Balaban J connectivity index is 2.68. The number of pyridine rings is 1. The molecule has 0 aliphatic carbocycles. The molecule has 0 amide bonds. The second kappa shape index (κ2) is 5.35. The van der Waals surface area contributed by atoms with Crippen molar-refractivity contribution in [3.63, 3.8) is 0 Å². The van der Waals surface area contributed by atoms with Gasteiger partial charge in [0, 0.05) is 18.4 Å².